The molecule has 0 saturated carbocycles. The predicted octanol–water partition coefficient (Wildman–Crippen LogP) is 9.81. The van der Waals surface area contributed by atoms with Gasteiger partial charge in [0, 0.05) is 26.2 Å². The van der Waals surface area contributed by atoms with Crippen LogP contribution in [0.3, 0.4) is 0 Å². The molecule has 0 rings (SSSR count). The zero-order valence-corrected chi connectivity index (χ0v) is 41.8. The molecule has 0 aromatic rings. The smallest absolute Gasteiger partial charge is 0.322 e. The van der Waals surface area contributed by atoms with Gasteiger partial charge in [-0.1, -0.05) is 174 Å². The van der Waals surface area contributed by atoms with Gasteiger partial charge in [-0.3, -0.25) is 4.79 Å². The summed E-state index contributed by atoms with van der Waals surface area (Å²) >= 11 is 0. The third-order valence-electron chi connectivity index (χ3n) is 11.7. The van der Waals surface area contributed by atoms with Crippen molar-refractivity contribution >= 4 is 5.97 Å². The zero-order valence-electron chi connectivity index (χ0n) is 41.8. The summed E-state index contributed by atoms with van der Waals surface area (Å²) in [5.74, 6) is -0.211. The molecule has 0 aliphatic heterocycles. The first-order chi connectivity index (χ1) is 31.1. The fourth-order valence-electron chi connectivity index (χ4n) is 7.85. The SMILES string of the molecule is CCCCCCCCCCCCCCC(CNCCCCC(NC[C@H](CCCCCCCCCCCCCC)OCCOCCOCCN)C(=O)OC)OCCOCCOCCN. The summed E-state index contributed by atoms with van der Waals surface area (Å²) in [6, 6.07) is -0.360. The first-order valence-corrected chi connectivity index (χ1v) is 26.6. The Bertz CT molecular complexity index is 879. The van der Waals surface area contributed by atoms with Crippen LogP contribution in [0, 0.1) is 0 Å². The van der Waals surface area contributed by atoms with Gasteiger partial charge in [0.25, 0.3) is 0 Å². The molecule has 3 atom stereocenters. The first kappa shape index (κ1) is 62.1. The summed E-state index contributed by atoms with van der Waals surface area (Å²) in [7, 11) is 1.48. The van der Waals surface area contributed by atoms with E-state index in [-0.39, 0.29) is 24.2 Å². The number of nitrogens with one attached hydrogen (secondary N) is 2. The van der Waals surface area contributed by atoms with Gasteiger partial charge in [-0.25, -0.2) is 0 Å². The molecule has 0 aromatic heterocycles. The second kappa shape index (κ2) is 53.7. The van der Waals surface area contributed by atoms with Crippen LogP contribution in [0.4, 0.5) is 0 Å². The Kier molecular flexibility index (Phi) is 52.9. The van der Waals surface area contributed by atoms with Crippen LogP contribution in [0.1, 0.15) is 200 Å². The fourth-order valence-corrected chi connectivity index (χ4v) is 7.85. The molecule has 12 heteroatoms. The van der Waals surface area contributed by atoms with Gasteiger partial charge < -0.3 is 55.3 Å². The normalized spacial score (nSPS) is 13.2. The number of ether oxygens (including phenoxy) is 7. The van der Waals surface area contributed by atoms with Crippen LogP contribution in [0.15, 0.2) is 0 Å². The Balaban J connectivity index is 4.73. The summed E-state index contributed by atoms with van der Waals surface area (Å²) in [5.41, 5.74) is 11.0. The van der Waals surface area contributed by atoms with Crippen LogP contribution in [-0.2, 0) is 38.0 Å². The quantitative estimate of drug-likeness (QED) is 0.0339. The van der Waals surface area contributed by atoms with Crippen molar-refractivity contribution in [1.29, 1.82) is 0 Å². The van der Waals surface area contributed by atoms with E-state index in [2.05, 4.69) is 24.5 Å². The molecule has 0 aromatic carbocycles. The molecule has 0 aliphatic carbocycles. The van der Waals surface area contributed by atoms with Gasteiger partial charge in [-0.15, -0.1) is 0 Å². The van der Waals surface area contributed by atoms with Crippen molar-refractivity contribution in [2.24, 2.45) is 11.5 Å². The molecular formula is C51H106N4O8. The summed E-state index contributed by atoms with van der Waals surface area (Å²) < 4.78 is 40.1. The minimum absolute atomic E-state index is 0.0102. The first-order valence-electron chi connectivity index (χ1n) is 26.6. The highest BCUT2D eigenvalue weighted by molar-refractivity contribution is 5.75. The van der Waals surface area contributed by atoms with Crippen LogP contribution in [0.2, 0.25) is 0 Å². The lowest BCUT2D eigenvalue weighted by Gasteiger charge is -2.23. The molecule has 378 valence electrons. The number of methoxy groups -OCH3 is 1. The predicted molar refractivity (Wildman–Crippen MR) is 263 cm³/mol. The maximum absolute atomic E-state index is 12.9. The van der Waals surface area contributed by atoms with E-state index in [1.807, 2.05) is 0 Å². The van der Waals surface area contributed by atoms with E-state index in [0.29, 0.717) is 85.7 Å². The average Bonchev–Trinajstić information content (AvgIpc) is 3.29. The van der Waals surface area contributed by atoms with Crippen LogP contribution in [-0.4, -0.2) is 130 Å². The molecule has 0 bridgehead atoms. The van der Waals surface area contributed by atoms with E-state index in [4.69, 9.17) is 44.6 Å². The van der Waals surface area contributed by atoms with E-state index in [1.165, 1.54) is 155 Å². The fraction of sp³-hybridized carbons (Fsp3) is 0.980. The second-order valence-electron chi connectivity index (χ2n) is 17.6. The van der Waals surface area contributed by atoms with E-state index in [1.54, 1.807) is 0 Å². The van der Waals surface area contributed by atoms with Gasteiger partial charge >= 0.3 is 5.97 Å². The molecule has 0 spiro atoms. The van der Waals surface area contributed by atoms with Crippen molar-refractivity contribution in [2.45, 2.75) is 218 Å². The van der Waals surface area contributed by atoms with Gasteiger partial charge in [0.15, 0.2) is 0 Å². The maximum Gasteiger partial charge on any atom is 0.322 e. The van der Waals surface area contributed by atoms with E-state index in [9.17, 15) is 4.79 Å². The lowest BCUT2D eigenvalue weighted by Crippen LogP contribution is -2.42. The largest absolute Gasteiger partial charge is 0.468 e. The van der Waals surface area contributed by atoms with Gasteiger partial charge in [-0.2, -0.15) is 0 Å². The van der Waals surface area contributed by atoms with Crippen LogP contribution in [0.25, 0.3) is 0 Å². The van der Waals surface area contributed by atoms with E-state index >= 15 is 0 Å². The van der Waals surface area contributed by atoms with Crippen molar-refractivity contribution in [1.82, 2.24) is 10.6 Å². The minimum atomic E-state index is -0.360. The van der Waals surface area contributed by atoms with Crippen LogP contribution < -0.4 is 22.1 Å². The maximum atomic E-state index is 12.9. The molecule has 0 amide bonds. The average molecular weight is 903 g/mol. The molecule has 2 unspecified atom stereocenters. The Hall–Kier alpha value is -0.930. The third-order valence-corrected chi connectivity index (χ3v) is 11.7. The molecule has 0 heterocycles. The van der Waals surface area contributed by atoms with Crippen molar-refractivity contribution in [3.8, 4) is 0 Å². The molecule has 0 radical (unpaired) electrons. The molecular weight excluding hydrogens is 797 g/mol. The molecule has 6 N–H and O–H groups in total. The Labute approximate surface area is 389 Å². The molecule has 12 nitrogen and oxygen atoms in total. The highest BCUT2D eigenvalue weighted by Gasteiger charge is 2.20. The molecule has 63 heavy (non-hydrogen) atoms. The van der Waals surface area contributed by atoms with Gasteiger partial charge in [-0.05, 0) is 32.2 Å². The van der Waals surface area contributed by atoms with Crippen LogP contribution in [0.5, 0.6) is 0 Å². The molecule has 0 saturated heterocycles. The van der Waals surface area contributed by atoms with Gasteiger partial charge in [0.05, 0.1) is 85.4 Å². The van der Waals surface area contributed by atoms with Gasteiger partial charge in [0.1, 0.15) is 6.04 Å². The summed E-state index contributed by atoms with van der Waals surface area (Å²) in [4.78, 5) is 12.9. The standard InChI is InChI=1S/C51H106N4O8/c1-4-6-8-10-12-14-16-18-20-22-24-26-30-48(62-44-42-60-40-38-58-36-33-52)46-54-35-29-28-32-50(51(56)57-3)55-47-49(63-45-43-61-41-39-59-37-34-53)31-27-25-23-21-19-17-15-13-11-9-7-5-2/h48-50,54-55H,4-47,52-53H2,1-3H3/t48?,49-,50?/m0/s1. The summed E-state index contributed by atoms with van der Waals surface area (Å²) in [6.07, 6.45) is 36.8. The van der Waals surface area contributed by atoms with Gasteiger partial charge in [0.2, 0.25) is 0 Å². The third kappa shape index (κ3) is 47.4. The number of hydrogen-bond donors (Lipinski definition) is 4. The number of nitrogens with two attached hydrogens (primary N) is 2. The number of hydrogen-bond acceptors (Lipinski definition) is 12. The second-order valence-corrected chi connectivity index (χ2v) is 17.6. The highest BCUT2D eigenvalue weighted by atomic mass is 16.6. The number of esters is 1. The monoisotopic (exact) mass is 903 g/mol. The molecule has 0 fully saturated rings. The minimum Gasteiger partial charge on any atom is -0.468 e. The van der Waals surface area contributed by atoms with Crippen molar-refractivity contribution in [2.75, 3.05) is 106 Å². The summed E-state index contributed by atoms with van der Waals surface area (Å²) in [6.45, 7) is 13.4. The molecule has 0 aliphatic rings. The van der Waals surface area contributed by atoms with Crippen LogP contribution >= 0.6 is 0 Å². The number of carbonyl (C=O) groups excluding carboxylic acids is 1. The number of carbonyl (C=O) groups is 1. The highest BCUT2D eigenvalue weighted by Crippen LogP contribution is 2.16. The number of unbranched alkanes of at least 4 members (excludes halogenated alkanes) is 23. The zero-order chi connectivity index (χ0) is 45.8. The topological polar surface area (TPSA) is 158 Å². The lowest BCUT2D eigenvalue weighted by atomic mass is 10.0. The number of rotatable bonds is 55. The van der Waals surface area contributed by atoms with E-state index in [0.717, 1.165) is 51.6 Å². The van der Waals surface area contributed by atoms with E-state index < -0.39 is 0 Å². The van der Waals surface area contributed by atoms with Crippen molar-refractivity contribution < 1.29 is 38.0 Å². The van der Waals surface area contributed by atoms with Crippen molar-refractivity contribution in [3.63, 3.8) is 0 Å². The van der Waals surface area contributed by atoms with Crippen molar-refractivity contribution in [3.05, 3.63) is 0 Å². The lowest BCUT2D eigenvalue weighted by molar-refractivity contribution is -0.143. The Morgan fingerprint density at radius 2 is 0.778 bits per heavy atom. The Morgan fingerprint density at radius 1 is 0.429 bits per heavy atom. The Morgan fingerprint density at radius 3 is 1.17 bits per heavy atom. The summed E-state index contributed by atoms with van der Waals surface area (Å²) in [5, 5.41) is 7.16.